The van der Waals surface area contributed by atoms with Crippen LogP contribution in [0.3, 0.4) is 0 Å². The molecular formula is C15H14O4S. The van der Waals surface area contributed by atoms with Crippen molar-refractivity contribution in [2.45, 2.75) is 4.90 Å². The van der Waals surface area contributed by atoms with Gasteiger partial charge in [0.1, 0.15) is 22.8 Å². The van der Waals surface area contributed by atoms with E-state index < -0.39 is 5.97 Å². The van der Waals surface area contributed by atoms with Crippen LogP contribution >= 0.6 is 11.8 Å². The number of thioether (sulfide) groups is 1. The number of benzene rings is 2. The summed E-state index contributed by atoms with van der Waals surface area (Å²) in [6, 6.07) is 12.1. The average molecular weight is 290 g/mol. The van der Waals surface area contributed by atoms with Crippen molar-refractivity contribution in [1.29, 1.82) is 0 Å². The highest BCUT2D eigenvalue weighted by Crippen LogP contribution is 2.30. The predicted octanol–water partition coefficient (Wildman–Crippen LogP) is 3.91. The molecule has 0 fully saturated rings. The van der Waals surface area contributed by atoms with Crippen LogP contribution in [-0.4, -0.2) is 24.4 Å². The number of ether oxygens (including phenoxy) is 2. The van der Waals surface area contributed by atoms with Crippen molar-refractivity contribution in [2.24, 2.45) is 0 Å². The van der Waals surface area contributed by atoms with Crippen LogP contribution in [0.1, 0.15) is 10.4 Å². The molecule has 104 valence electrons. The van der Waals surface area contributed by atoms with Crippen LogP contribution in [0.15, 0.2) is 47.4 Å². The Labute approximate surface area is 121 Å². The molecule has 0 aliphatic carbocycles. The average Bonchev–Trinajstić information content (AvgIpc) is 2.47. The maximum atomic E-state index is 11.2. The number of aromatic carboxylic acids is 1. The minimum absolute atomic E-state index is 0.0970. The summed E-state index contributed by atoms with van der Waals surface area (Å²) >= 11 is 1.63. The number of hydrogen-bond donors (Lipinski definition) is 1. The van der Waals surface area contributed by atoms with E-state index in [2.05, 4.69) is 0 Å². The lowest BCUT2D eigenvalue weighted by Crippen LogP contribution is -2.00. The van der Waals surface area contributed by atoms with Gasteiger partial charge in [0.05, 0.1) is 7.11 Å². The SMILES string of the molecule is COc1ccc(C(=O)O)c(Oc2ccc(SC)cc2)c1. The Morgan fingerprint density at radius 3 is 2.30 bits per heavy atom. The number of methoxy groups -OCH3 is 1. The lowest BCUT2D eigenvalue weighted by Gasteiger charge is -2.10. The third kappa shape index (κ3) is 3.24. The van der Waals surface area contributed by atoms with E-state index in [0.29, 0.717) is 11.5 Å². The molecule has 0 spiro atoms. The van der Waals surface area contributed by atoms with Crippen LogP contribution in [0.2, 0.25) is 0 Å². The zero-order valence-electron chi connectivity index (χ0n) is 11.1. The van der Waals surface area contributed by atoms with E-state index in [1.807, 2.05) is 18.4 Å². The Kier molecular flexibility index (Phi) is 4.53. The van der Waals surface area contributed by atoms with Crippen molar-refractivity contribution in [3.63, 3.8) is 0 Å². The number of carboxylic acids is 1. The topological polar surface area (TPSA) is 55.8 Å². The summed E-state index contributed by atoms with van der Waals surface area (Å²) in [5.41, 5.74) is 0.0970. The molecule has 0 heterocycles. The molecule has 0 bridgehead atoms. The normalized spacial score (nSPS) is 10.1. The molecule has 2 aromatic rings. The van der Waals surface area contributed by atoms with Crippen molar-refractivity contribution < 1.29 is 19.4 Å². The fraction of sp³-hybridized carbons (Fsp3) is 0.133. The van der Waals surface area contributed by atoms with Crippen molar-refractivity contribution >= 4 is 17.7 Å². The van der Waals surface area contributed by atoms with Gasteiger partial charge in [0.25, 0.3) is 0 Å². The Hall–Kier alpha value is -2.14. The minimum Gasteiger partial charge on any atom is -0.497 e. The van der Waals surface area contributed by atoms with Gasteiger partial charge in [-0.15, -0.1) is 11.8 Å². The number of carboxylic acid groups (broad SMARTS) is 1. The maximum absolute atomic E-state index is 11.2. The van der Waals surface area contributed by atoms with E-state index in [1.54, 1.807) is 36.0 Å². The first-order valence-corrected chi connectivity index (χ1v) is 7.09. The van der Waals surface area contributed by atoms with E-state index in [1.165, 1.54) is 13.2 Å². The van der Waals surface area contributed by atoms with Crippen molar-refractivity contribution in [2.75, 3.05) is 13.4 Å². The standard InChI is InChI=1S/C15H14O4S/c1-18-11-5-8-13(15(16)17)14(9-11)19-10-3-6-12(20-2)7-4-10/h3-9H,1-2H3,(H,16,17). The van der Waals surface area contributed by atoms with Crippen LogP contribution in [0.25, 0.3) is 0 Å². The second-order valence-corrected chi connectivity index (χ2v) is 4.82. The molecule has 0 unspecified atom stereocenters. The van der Waals surface area contributed by atoms with Gasteiger partial charge in [0, 0.05) is 11.0 Å². The van der Waals surface area contributed by atoms with Crippen LogP contribution < -0.4 is 9.47 Å². The molecular weight excluding hydrogens is 276 g/mol. The van der Waals surface area contributed by atoms with Gasteiger partial charge in [0.15, 0.2) is 0 Å². The largest absolute Gasteiger partial charge is 0.497 e. The monoisotopic (exact) mass is 290 g/mol. The Morgan fingerprint density at radius 2 is 1.75 bits per heavy atom. The molecule has 0 atom stereocenters. The zero-order valence-corrected chi connectivity index (χ0v) is 11.9. The van der Waals surface area contributed by atoms with Gasteiger partial charge < -0.3 is 14.6 Å². The fourth-order valence-electron chi connectivity index (χ4n) is 1.66. The van der Waals surface area contributed by atoms with E-state index in [-0.39, 0.29) is 11.3 Å². The van der Waals surface area contributed by atoms with Crippen LogP contribution in [-0.2, 0) is 0 Å². The van der Waals surface area contributed by atoms with E-state index in [4.69, 9.17) is 14.6 Å². The molecule has 1 N–H and O–H groups in total. The quantitative estimate of drug-likeness (QED) is 0.846. The summed E-state index contributed by atoms with van der Waals surface area (Å²) in [6.07, 6.45) is 1.99. The smallest absolute Gasteiger partial charge is 0.339 e. The molecule has 2 aromatic carbocycles. The third-order valence-corrected chi connectivity index (χ3v) is 3.45. The van der Waals surface area contributed by atoms with Gasteiger partial charge in [-0.25, -0.2) is 4.79 Å². The van der Waals surface area contributed by atoms with Crippen LogP contribution in [0.4, 0.5) is 0 Å². The highest BCUT2D eigenvalue weighted by Gasteiger charge is 2.13. The molecule has 4 nitrogen and oxygen atoms in total. The molecule has 0 saturated heterocycles. The molecule has 0 saturated carbocycles. The summed E-state index contributed by atoms with van der Waals surface area (Å²) in [7, 11) is 1.52. The van der Waals surface area contributed by atoms with Crippen LogP contribution in [0.5, 0.6) is 17.2 Å². The highest BCUT2D eigenvalue weighted by molar-refractivity contribution is 7.98. The molecule has 0 amide bonds. The van der Waals surface area contributed by atoms with Gasteiger partial charge in [0.2, 0.25) is 0 Å². The number of rotatable bonds is 5. The summed E-state index contributed by atoms with van der Waals surface area (Å²) in [5, 5.41) is 9.17. The Morgan fingerprint density at radius 1 is 1.10 bits per heavy atom. The van der Waals surface area contributed by atoms with Gasteiger partial charge >= 0.3 is 5.97 Å². The van der Waals surface area contributed by atoms with Gasteiger partial charge in [-0.2, -0.15) is 0 Å². The Balaban J connectivity index is 2.32. The van der Waals surface area contributed by atoms with E-state index in [9.17, 15) is 4.79 Å². The first-order valence-electron chi connectivity index (χ1n) is 5.87. The molecule has 5 heteroatoms. The van der Waals surface area contributed by atoms with Gasteiger partial charge in [-0.1, -0.05) is 0 Å². The summed E-state index contributed by atoms with van der Waals surface area (Å²) in [6.45, 7) is 0. The third-order valence-electron chi connectivity index (χ3n) is 2.71. The minimum atomic E-state index is -1.04. The molecule has 0 aliphatic heterocycles. The second-order valence-electron chi connectivity index (χ2n) is 3.94. The zero-order chi connectivity index (χ0) is 14.5. The van der Waals surface area contributed by atoms with E-state index >= 15 is 0 Å². The molecule has 0 aromatic heterocycles. The fourth-order valence-corrected chi connectivity index (χ4v) is 2.07. The number of hydrogen-bond acceptors (Lipinski definition) is 4. The lowest BCUT2D eigenvalue weighted by molar-refractivity contribution is 0.0694. The molecule has 0 aliphatic rings. The van der Waals surface area contributed by atoms with E-state index in [0.717, 1.165) is 4.90 Å². The second kappa shape index (κ2) is 6.34. The highest BCUT2D eigenvalue weighted by atomic mass is 32.2. The number of carbonyl (C=O) groups is 1. The van der Waals surface area contributed by atoms with Gasteiger partial charge in [-0.05, 0) is 42.7 Å². The molecule has 20 heavy (non-hydrogen) atoms. The molecule has 0 radical (unpaired) electrons. The summed E-state index contributed by atoms with van der Waals surface area (Å²) < 4.78 is 10.7. The lowest BCUT2D eigenvalue weighted by atomic mass is 10.2. The molecule has 2 rings (SSSR count). The Bertz CT molecular complexity index is 608. The first kappa shape index (κ1) is 14.3. The van der Waals surface area contributed by atoms with Crippen molar-refractivity contribution in [3.8, 4) is 17.2 Å². The maximum Gasteiger partial charge on any atom is 0.339 e. The van der Waals surface area contributed by atoms with Crippen LogP contribution in [0, 0.1) is 0 Å². The predicted molar refractivity (Wildman–Crippen MR) is 78.3 cm³/mol. The summed E-state index contributed by atoms with van der Waals surface area (Å²) in [4.78, 5) is 12.3. The first-order chi connectivity index (χ1) is 9.63. The summed E-state index contributed by atoms with van der Waals surface area (Å²) in [5.74, 6) is 0.349. The van der Waals surface area contributed by atoms with Crippen molar-refractivity contribution in [3.05, 3.63) is 48.0 Å². The van der Waals surface area contributed by atoms with Gasteiger partial charge in [-0.3, -0.25) is 0 Å². The van der Waals surface area contributed by atoms with Crippen molar-refractivity contribution in [1.82, 2.24) is 0 Å².